The van der Waals surface area contributed by atoms with Gasteiger partial charge in [0, 0.05) is 6.92 Å². The van der Waals surface area contributed by atoms with E-state index in [1.54, 1.807) is 5.32 Å². The molecule has 0 bridgehead atoms. The Hall–Kier alpha value is -0.740. The van der Waals surface area contributed by atoms with Crippen LogP contribution in [-0.2, 0) is 4.79 Å². The molecule has 0 saturated heterocycles. The molecule has 2 nitrogen and oxygen atoms in total. The number of hydrogen-bond donors (Lipinski definition) is 1. The Morgan fingerprint density at radius 1 is 1.27 bits per heavy atom. The maximum absolute atomic E-state index is 12.0. The highest BCUT2D eigenvalue weighted by atomic mass is 19.4. The van der Waals surface area contributed by atoms with E-state index in [0.29, 0.717) is 0 Å². The van der Waals surface area contributed by atoms with Gasteiger partial charge in [-0.25, -0.2) is 0 Å². The number of alkyl halides is 3. The average Bonchev–Trinajstić information content (AvgIpc) is 1.56. The molecule has 0 aromatic heterocycles. The average molecular weight is 169 g/mol. The molecule has 0 aromatic carbocycles. The smallest absolute Gasteiger partial charge is 0.343 e. The predicted molar refractivity (Wildman–Crippen MR) is 34.0 cm³/mol. The fourth-order valence-corrected chi connectivity index (χ4v) is 0.511. The van der Waals surface area contributed by atoms with Crippen LogP contribution in [0.25, 0.3) is 0 Å². The van der Waals surface area contributed by atoms with Gasteiger partial charge in [0.1, 0.15) is 5.54 Å². The predicted octanol–water partition coefficient (Wildman–Crippen LogP) is 1.46. The van der Waals surface area contributed by atoms with Crippen LogP contribution in [0.5, 0.6) is 0 Å². The Morgan fingerprint density at radius 2 is 1.64 bits per heavy atom. The van der Waals surface area contributed by atoms with E-state index in [0.717, 1.165) is 20.8 Å². The van der Waals surface area contributed by atoms with Crippen molar-refractivity contribution in [3.63, 3.8) is 0 Å². The number of amides is 1. The molecule has 1 amide bonds. The third-order valence-corrected chi connectivity index (χ3v) is 1.20. The highest BCUT2D eigenvalue weighted by molar-refractivity contribution is 5.73. The van der Waals surface area contributed by atoms with Gasteiger partial charge in [0.2, 0.25) is 5.91 Å². The maximum atomic E-state index is 12.0. The van der Waals surface area contributed by atoms with E-state index in [9.17, 15) is 18.0 Å². The zero-order valence-corrected chi connectivity index (χ0v) is 6.54. The molecule has 1 N–H and O–H groups in total. The molecule has 0 fully saturated rings. The molecule has 0 aliphatic carbocycles. The molecule has 0 rings (SSSR count). The summed E-state index contributed by atoms with van der Waals surface area (Å²) in [5.41, 5.74) is -2.14. The summed E-state index contributed by atoms with van der Waals surface area (Å²) in [4.78, 5) is 10.3. The largest absolute Gasteiger partial charge is 0.410 e. The molecule has 0 atom stereocenters. The van der Waals surface area contributed by atoms with E-state index >= 15 is 0 Å². The lowest BCUT2D eigenvalue weighted by Gasteiger charge is -2.28. The first-order valence-corrected chi connectivity index (χ1v) is 3.02. The molecule has 0 spiro atoms. The minimum atomic E-state index is -4.40. The number of hydrogen-bond acceptors (Lipinski definition) is 1. The summed E-state index contributed by atoms with van der Waals surface area (Å²) >= 11 is 0. The van der Waals surface area contributed by atoms with E-state index in [2.05, 4.69) is 0 Å². The van der Waals surface area contributed by atoms with Crippen molar-refractivity contribution in [2.45, 2.75) is 32.5 Å². The molecule has 0 unspecified atom stereocenters. The summed E-state index contributed by atoms with van der Waals surface area (Å²) in [6, 6.07) is 0. The summed E-state index contributed by atoms with van der Waals surface area (Å²) in [6.45, 7) is 2.87. The second-order valence-electron chi connectivity index (χ2n) is 2.80. The monoisotopic (exact) mass is 169 g/mol. The summed E-state index contributed by atoms with van der Waals surface area (Å²) < 4.78 is 35.9. The van der Waals surface area contributed by atoms with Crippen molar-refractivity contribution in [1.82, 2.24) is 5.32 Å². The first-order valence-electron chi connectivity index (χ1n) is 3.02. The van der Waals surface area contributed by atoms with Crippen molar-refractivity contribution in [1.29, 1.82) is 0 Å². The molecule has 5 heteroatoms. The van der Waals surface area contributed by atoms with E-state index in [1.807, 2.05) is 0 Å². The minimum absolute atomic E-state index is 0.688. The van der Waals surface area contributed by atoms with Gasteiger partial charge in [-0.15, -0.1) is 0 Å². The summed E-state index contributed by atoms with van der Waals surface area (Å²) in [5, 5.41) is 1.80. The van der Waals surface area contributed by atoms with Crippen molar-refractivity contribution in [2.24, 2.45) is 0 Å². The van der Waals surface area contributed by atoms with Gasteiger partial charge in [-0.05, 0) is 13.8 Å². The first-order chi connectivity index (χ1) is 4.67. The lowest BCUT2D eigenvalue weighted by Crippen LogP contribution is -2.53. The van der Waals surface area contributed by atoms with Gasteiger partial charge in [0.15, 0.2) is 0 Å². The normalized spacial score (nSPS) is 12.9. The third-order valence-electron chi connectivity index (χ3n) is 1.20. The van der Waals surface area contributed by atoms with Crippen LogP contribution in [0, 0.1) is 0 Å². The molecule has 0 radical (unpaired) electrons. The Morgan fingerprint density at radius 3 is 1.73 bits per heavy atom. The van der Waals surface area contributed by atoms with Crippen molar-refractivity contribution >= 4 is 5.91 Å². The van der Waals surface area contributed by atoms with Crippen LogP contribution >= 0.6 is 0 Å². The van der Waals surface area contributed by atoms with Crippen LogP contribution in [-0.4, -0.2) is 17.6 Å². The molecule has 0 saturated carbocycles. The van der Waals surface area contributed by atoms with Crippen LogP contribution in [0.3, 0.4) is 0 Å². The molecular formula is C6H10F3NO. The Kier molecular flexibility index (Phi) is 2.53. The Bertz CT molecular complexity index is 162. The van der Waals surface area contributed by atoms with Crippen molar-refractivity contribution in [3.05, 3.63) is 0 Å². The maximum Gasteiger partial charge on any atom is 0.410 e. The number of carbonyl (C=O) groups excluding carboxylic acids is 1. The molecule has 0 aliphatic rings. The van der Waals surface area contributed by atoms with Crippen LogP contribution < -0.4 is 5.32 Å². The Labute approximate surface area is 62.8 Å². The first kappa shape index (κ1) is 10.3. The molecular weight excluding hydrogens is 159 g/mol. The van der Waals surface area contributed by atoms with Gasteiger partial charge >= 0.3 is 6.18 Å². The zero-order valence-electron chi connectivity index (χ0n) is 6.54. The van der Waals surface area contributed by atoms with Crippen molar-refractivity contribution in [3.8, 4) is 0 Å². The fourth-order valence-electron chi connectivity index (χ4n) is 0.511. The Balaban J connectivity index is 4.34. The number of rotatable bonds is 1. The van der Waals surface area contributed by atoms with Crippen LogP contribution in [0.4, 0.5) is 13.2 Å². The van der Waals surface area contributed by atoms with Crippen LogP contribution in [0.2, 0.25) is 0 Å². The van der Waals surface area contributed by atoms with Crippen molar-refractivity contribution < 1.29 is 18.0 Å². The highest BCUT2D eigenvalue weighted by Gasteiger charge is 2.47. The standard InChI is InChI=1S/C6H10F3NO/c1-4(11)10-5(2,3)6(7,8)9/h1-3H3,(H,10,11). The minimum Gasteiger partial charge on any atom is -0.343 e. The number of nitrogens with one attached hydrogen (secondary N) is 1. The lowest BCUT2D eigenvalue weighted by molar-refractivity contribution is -0.188. The van der Waals surface area contributed by atoms with Gasteiger partial charge in [0.25, 0.3) is 0 Å². The van der Waals surface area contributed by atoms with Crippen LogP contribution in [0.15, 0.2) is 0 Å². The molecule has 0 aliphatic heterocycles. The quantitative estimate of drug-likeness (QED) is 0.632. The highest BCUT2D eigenvalue weighted by Crippen LogP contribution is 2.29. The van der Waals surface area contributed by atoms with Gasteiger partial charge in [-0.2, -0.15) is 13.2 Å². The zero-order chi connectivity index (χ0) is 9.28. The van der Waals surface area contributed by atoms with Gasteiger partial charge in [-0.3, -0.25) is 4.79 Å². The molecule has 11 heavy (non-hydrogen) atoms. The lowest BCUT2D eigenvalue weighted by atomic mass is 10.1. The molecule has 66 valence electrons. The fraction of sp³-hybridized carbons (Fsp3) is 0.833. The summed E-state index contributed by atoms with van der Waals surface area (Å²) in [6.07, 6.45) is -4.40. The van der Waals surface area contributed by atoms with E-state index < -0.39 is 17.6 Å². The van der Waals surface area contributed by atoms with Crippen LogP contribution in [0.1, 0.15) is 20.8 Å². The van der Waals surface area contributed by atoms with E-state index in [1.165, 1.54) is 0 Å². The summed E-state index contributed by atoms with van der Waals surface area (Å²) in [7, 11) is 0. The van der Waals surface area contributed by atoms with E-state index in [-0.39, 0.29) is 0 Å². The summed E-state index contributed by atoms with van der Waals surface area (Å²) in [5.74, 6) is -0.688. The number of halogens is 3. The molecule has 0 heterocycles. The SMILES string of the molecule is CC(=O)NC(C)(C)C(F)(F)F. The van der Waals surface area contributed by atoms with Crippen molar-refractivity contribution in [2.75, 3.05) is 0 Å². The van der Waals surface area contributed by atoms with Gasteiger partial charge in [-0.1, -0.05) is 0 Å². The van der Waals surface area contributed by atoms with Gasteiger partial charge < -0.3 is 5.32 Å². The third kappa shape index (κ3) is 2.78. The number of carbonyl (C=O) groups is 1. The molecule has 0 aromatic rings. The second-order valence-corrected chi connectivity index (χ2v) is 2.80. The topological polar surface area (TPSA) is 29.1 Å². The van der Waals surface area contributed by atoms with E-state index in [4.69, 9.17) is 0 Å². The second kappa shape index (κ2) is 2.71. The van der Waals surface area contributed by atoms with Gasteiger partial charge in [0.05, 0.1) is 0 Å².